The molecule has 1 aliphatic rings. The number of ketones is 1. The molecule has 0 bridgehead atoms. The van der Waals surface area contributed by atoms with Crippen LogP contribution in [0.2, 0.25) is 0 Å². The molecule has 0 saturated heterocycles. The first-order chi connectivity index (χ1) is 19.0. The first-order valence-electron chi connectivity index (χ1n) is 13.2. The average molecular weight is 541 g/mol. The van der Waals surface area contributed by atoms with Crippen LogP contribution in [0.15, 0.2) is 54.7 Å². The highest BCUT2D eigenvalue weighted by Gasteiger charge is 2.27. The highest BCUT2D eigenvalue weighted by atomic mass is 16.6. The molecule has 0 spiro atoms. The van der Waals surface area contributed by atoms with E-state index in [0.717, 1.165) is 50.6 Å². The molecule has 1 amide bonds. The number of nitrogens with one attached hydrogen (secondary N) is 1. The van der Waals surface area contributed by atoms with Gasteiger partial charge in [-0.1, -0.05) is 59.3 Å². The number of Topliss-reactive ketones (excluding diaryl/α,β-unsaturated/α-hetero) is 1. The Labute approximate surface area is 232 Å². The number of methoxy groups -OCH3 is 1. The van der Waals surface area contributed by atoms with Crippen molar-refractivity contribution < 1.29 is 23.9 Å². The summed E-state index contributed by atoms with van der Waals surface area (Å²) in [6, 6.07) is 15.4. The summed E-state index contributed by atoms with van der Waals surface area (Å²) >= 11 is 0. The molecule has 3 aromatic carbocycles. The Balaban J connectivity index is 1.41. The van der Waals surface area contributed by atoms with Crippen LogP contribution in [0.1, 0.15) is 48.7 Å². The molecular weight excluding hydrogens is 508 g/mol. The number of fused-ring (bicyclic) bond motifs is 2. The van der Waals surface area contributed by atoms with Crippen LogP contribution in [0.4, 0.5) is 4.79 Å². The molecule has 0 unspecified atom stereocenters. The topological polar surface area (TPSA) is 112 Å². The Morgan fingerprint density at radius 2 is 1.75 bits per heavy atom. The van der Waals surface area contributed by atoms with Crippen LogP contribution in [-0.4, -0.2) is 51.6 Å². The molecule has 9 heteroatoms. The van der Waals surface area contributed by atoms with Crippen molar-refractivity contribution in [2.24, 2.45) is 0 Å². The fourth-order valence-electron chi connectivity index (χ4n) is 5.04. The lowest BCUT2D eigenvalue weighted by Gasteiger charge is -2.22. The minimum atomic E-state index is -1.01. The lowest BCUT2D eigenvalue weighted by atomic mass is 9.89. The molecule has 0 aliphatic heterocycles. The number of hydrogen-bond donors (Lipinski definition) is 1. The smallest absolute Gasteiger partial charge is 0.408 e. The second-order valence-corrected chi connectivity index (χ2v) is 11.1. The van der Waals surface area contributed by atoms with E-state index in [1.54, 1.807) is 27.0 Å². The van der Waals surface area contributed by atoms with Crippen molar-refractivity contribution in [3.05, 3.63) is 71.4 Å². The van der Waals surface area contributed by atoms with E-state index in [0.29, 0.717) is 12.1 Å². The van der Waals surface area contributed by atoms with Gasteiger partial charge in [0.05, 0.1) is 19.9 Å². The number of benzene rings is 3. The predicted octanol–water partition coefficient (Wildman–Crippen LogP) is 5.27. The molecule has 1 atom stereocenters. The molecule has 5 rings (SSSR count). The van der Waals surface area contributed by atoms with Gasteiger partial charge in [-0.3, -0.25) is 4.79 Å². The Bertz CT molecular complexity index is 1620. The molecule has 1 aliphatic carbocycles. The van der Waals surface area contributed by atoms with Crippen LogP contribution >= 0.6 is 0 Å². The zero-order chi connectivity index (χ0) is 28.6. The number of nitrogens with zero attached hydrogens (tertiary/aromatic N) is 3. The first-order valence-corrected chi connectivity index (χ1v) is 13.2. The summed E-state index contributed by atoms with van der Waals surface area (Å²) in [5.41, 5.74) is 5.71. The first kappa shape index (κ1) is 27.1. The number of rotatable bonds is 6. The predicted molar refractivity (Wildman–Crippen MR) is 151 cm³/mol. The van der Waals surface area contributed by atoms with Crippen molar-refractivity contribution in [2.45, 2.75) is 58.7 Å². The second-order valence-electron chi connectivity index (χ2n) is 11.1. The number of ether oxygens (including phenoxy) is 2. The summed E-state index contributed by atoms with van der Waals surface area (Å²) < 4.78 is 11.6. The summed E-state index contributed by atoms with van der Waals surface area (Å²) in [4.78, 5) is 37.4. The van der Waals surface area contributed by atoms with Crippen molar-refractivity contribution in [3.8, 4) is 22.4 Å². The normalized spacial score (nSPS) is 13.7. The Hall–Kier alpha value is -4.53. The number of aromatic nitrogens is 3. The van der Waals surface area contributed by atoms with Crippen molar-refractivity contribution in [2.75, 3.05) is 7.11 Å². The van der Waals surface area contributed by atoms with Crippen LogP contribution in [0, 0.1) is 6.92 Å². The summed E-state index contributed by atoms with van der Waals surface area (Å²) in [5.74, 6) is -0.444. The molecule has 4 aromatic rings. The van der Waals surface area contributed by atoms with Gasteiger partial charge >= 0.3 is 12.1 Å². The third kappa shape index (κ3) is 5.59. The molecule has 0 fully saturated rings. The minimum Gasteiger partial charge on any atom is -0.467 e. The third-order valence-corrected chi connectivity index (χ3v) is 6.83. The number of alkyl carbamates (subject to hydrolysis) is 1. The quantitative estimate of drug-likeness (QED) is 0.332. The van der Waals surface area contributed by atoms with Gasteiger partial charge in [-0.15, -0.1) is 5.10 Å². The van der Waals surface area contributed by atoms with E-state index in [9.17, 15) is 14.4 Å². The number of hydrogen-bond acceptors (Lipinski definition) is 7. The van der Waals surface area contributed by atoms with Gasteiger partial charge in [0.15, 0.2) is 5.78 Å². The van der Waals surface area contributed by atoms with Gasteiger partial charge < -0.3 is 14.8 Å². The lowest BCUT2D eigenvalue weighted by Crippen LogP contribution is -2.46. The van der Waals surface area contributed by atoms with Gasteiger partial charge in [0.2, 0.25) is 0 Å². The Kier molecular flexibility index (Phi) is 7.14. The fraction of sp³-hybridized carbons (Fsp3) is 0.323. The molecule has 1 heterocycles. The van der Waals surface area contributed by atoms with Crippen LogP contribution in [0.3, 0.4) is 0 Å². The van der Waals surface area contributed by atoms with Gasteiger partial charge in [0.1, 0.15) is 17.3 Å². The SMILES string of the molecule is COC(=O)[C@@H](Cn1cc(-c2ccc(-c3c4c(cc5ccc(C)cc35)CCC4=O)cc2)nn1)NC(=O)OC(C)(C)C. The Morgan fingerprint density at radius 1 is 1.02 bits per heavy atom. The fourth-order valence-corrected chi connectivity index (χ4v) is 5.04. The molecule has 0 radical (unpaired) electrons. The van der Waals surface area contributed by atoms with E-state index < -0.39 is 23.7 Å². The zero-order valence-corrected chi connectivity index (χ0v) is 23.3. The largest absolute Gasteiger partial charge is 0.467 e. The number of esters is 1. The van der Waals surface area contributed by atoms with Crippen LogP contribution in [-0.2, 0) is 27.2 Å². The van der Waals surface area contributed by atoms with E-state index in [1.807, 2.05) is 24.3 Å². The maximum atomic E-state index is 12.9. The van der Waals surface area contributed by atoms with Crippen LogP contribution in [0.5, 0.6) is 0 Å². The minimum absolute atomic E-state index is 0.0145. The van der Waals surface area contributed by atoms with Crippen molar-refractivity contribution in [1.82, 2.24) is 20.3 Å². The Morgan fingerprint density at radius 3 is 2.45 bits per heavy atom. The summed E-state index contributed by atoms with van der Waals surface area (Å²) in [5, 5.41) is 13.1. The summed E-state index contributed by atoms with van der Waals surface area (Å²) in [7, 11) is 1.25. The third-order valence-electron chi connectivity index (χ3n) is 6.83. The molecular formula is C31H32N4O5. The van der Waals surface area contributed by atoms with Crippen LogP contribution < -0.4 is 5.32 Å². The molecule has 9 nitrogen and oxygen atoms in total. The number of amides is 1. The second kappa shape index (κ2) is 10.6. The van der Waals surface area contributed by atoms with Crippen LogP contribution in [0.25, 0.3) is 33.2 Å². The average Bonchev–Trinajstić information content (AvgIpc) is 3.52. The molecule has 1 N–H and O–H groups in total. The summed E-state index contributed by atoms with van der Waals surface area (Å²) in [6.45, 7) is 7.28. The molecule has 40 heavy (non-hydrogen) atoms. The van der Waals surface area contributed by atoms with Crippen molar-refractivity contribution >= 4 is 28.6 Å². The lowest BCUT2D eigenvalue weighted by molar-refractivity contribution is -0.143. The maximum Gasteiger partial charge on any atom is 0.408 e. The van der Waals surface area contributed by atoms with E-state index in [4.69, 9.17) is 9.47 Å². The van der Waals surface area contributed by atoms with Crippen molar-refractivity contribution in [1.29, 1.82) is 0 Å². The summed E-state index contributed by atoms with van der Waals surface area (Å²) in [6.07, 6.45) is 2.27. The molecule has 1 aromatic heterocycles. The molecule has 206 valence electrons. The van der Waals surface area contributed by atoms with Gasteiger partial charge in [-0.2, -0.15) is 0 Å². The van der Waals surface area contributed by atoms with Crippen molar-refractivity contribution in [3.63, 3.8) is 0 Å². The highest BCUT2D eigenvalue weighted by Crippen LogP contribution is 2.39. The standard InChI is InChI=1S/C31H32N4O5/c1-18-6-7-21-15-22-12-13-26(36)28(22)27(23(21)14-18)20-10-8-19(9-11-20)24-16-35(34-33-24)17-25(29(37)39-5)32-30(38)40-31(2,3)4/h6-11,14-16,25H,12-13,17H2,1-5H3,(H,32,38)/t25-/m1/s1. The molecule has 0 saturated carbocycles. The van der Waals surface area contributed by atoms with Gasteiger partial charge in [-0.05, 0) is 56.0 Å². The zero-order valence-electron chi connectivity index (χ0n) is 23.3. The number of carbonyl (C=O) groups is 3. The number of carbonyl (C=O) groups excluding carboxylic acids is 3. The maximum absolute atomic E-state index is 12.9. The highest BCUT2D eigenvalue weighted by molar-refractivity contribution is 6.14. The monoisotopic (exact) mass is 540 g/mol. The van der Waals surface area contributed by atoms with Gasteiger partial charge in [0, 0.05) is 23.1 Å². The van der Waals surface area contributed by atoms with E-state index >= 15 is 0 Å². The number of aryl methyl sites for hydroxylation is 2. The van der Waals surface area contributed by atoms with Gasteiger partial charge in [-0.25, -0.2) is 14.3 Å². The van der Waals surface area contributed by atoms with Gasteiger partial charge in [0.25, 0.3) is 0 Å². The van der Waals surface area contributed by atoms with E-state index in [-0.39, 0.29) is 12.3 Å². The van der Waals surface area contributed by atoms with E-state index in [1.165, 1.54) is 11.8 Å². The van der Waals surface area contributed by atoms with E-state index in [2.05, 4.69) is 46.8 Å².